The first-order valence-electron chi connectivity index (χ1n) is 7.42. The van der Waals surface area contributed by atoms with Gasteiger partial charge in [0.1, 0.15) is 0 Å². The number of amides is 1. The second kappa shape index (κ2) is 6.82. The van der Waals surface area contributed by atoms with Crippen molar-refractivity contribution in [3.05, 3.63) is 70.8 Å². The van der Waals surface area contributed by atoms with Gasteiger partial charge in [0.25, 0.3) is 0 Å². The highest BCUT2D eigenvalue weighted by atomic mass is 19.4. The molecule has 25 heavy (non-hydrogen) atoms. The van der Waals surface area contributed by atoms with Crippen LogP contribution in [0.5, 0.6) is 0 Å². The third kappa shape index (κ3) is 4.15. The van der Waals surface area contributed by atoms with Gasteiger partial charge in [-0.2, -0.15) is 22.0 Å². The number of carbonyl (C=O) groups is 1. The molecule has 1 amide bonds. The van der Waals surface area contributed by atoms with E-state index in [1.165, 1.54) is 0 Å². The second-order valence-corrected chi connectivity index (χ2v) is 5.84. The van der Waals surface area contributed by atoms with Gasteiger partial charge in [0.15, 0.2) is 0 Å². The van der Waals surface area contributed by atoms with Crippen LogP contribution in [-0.2, 0) is 17.1 Å². The molecule has 2 nitrogen and oxygen atoms in total. The zero-order valence-electron chi connectivity index (χ0n) is 13.3. The average Bonchev–Trinajstić information content (AvgIpc) is 2.53. The smallest absolute Gasteiger partial charge is 0.369 e. The average molecular weight is 357 g/mol. The van der Waals surface area contributed by atoms with Crippen LogP contribution in [0.15, 0.2) is 48.5 Å². The summed E-state index contributed by atoms with van der Waals surface area (Å²) in [5.74, 6) is -6.23. The lowest BCUT2D eigenvalue weighted by molar-refractivity contribution is -0.289. The molecule has 2 aromatic carbocycles. The highest BCUT2D eigenvalue weighted by Crippen LogP contribution is 2.43. The van der Waals surface area contributed by atoms with E-state index in [2.05, 4.69) is 0 Å². The molecule has 7 heteroatoms. The van der Waals surface area contributed by atoms with E-state index in [9.17, 15) is 26.7 Å². The Morgan fingerprint density at radius 2 is 1.48 bits per heavy atom. The summed E-state index contributed by atoms with van der Waals surface area (Å²) in [6.45, 7) is 1.88. The first-order valence-corrected chi connectivity index (χ1v) is 7.42. The molecule has 2 aromatic rings. The maximum Gasteiger partial charge on any atom is 0.458 e. The summed E-state index contributed by atoms with van der Waals surface area (Å²) in [5.41, 5.74) is 6.34. The molecule has 0 saturated heterocycles. The van der Waals surface area contributed by atoms with E-state index in [0.29, 0.717) is 11.1 Å². The van der Waals surface area contributed by atoms with Crippen molar-refractivity contribution in [1.82, 2.24) is 0 Å². The number of alkyl halides is 5. The summed E-state index contributed by atoms with van der Waals surface area (Å²) in [5, 5.41) is 0. The number of carbonyl (C=O) groups excluding carboxylic acids is 1. The summed E-state index contributed by atoms with van der Waals surface area (Å²) in [4.78, 5) is 11.7. The maximum atomic E-state index is 13.3. The first-order chi connectivity index (χ1) is 11.5. The van der Waals surface area contributed by atoms with Gasteiger partial charge < -0.3 is 5.73 Å². The molecule has 0 spiro atoms. The SMILES string of the molecule is Cc1ccc(C(Cc2ccc(C(F)(F)C(F)(F)F)cc2)C(N)=O)cc1. The fraction of sp³-hybridized carbons (Fsp3) is 0.278. The number of nitrogens with two attached hydrogens (primary N) is 1. The molecule has 0 aromatic heterocycles. The number of rotatable bonds is 5. The number of benzene rings is 2. The lowest BCUT2D eigenvalue weighted by Gasteiger charge is -2.20. The van der Waals surface area contributed by atoms with Gasteiger partial charge in [0, 0.05) is 5.56 Å². The van der Waals surface area contributed by atoms with Gasteiger partial charge in [-0.1, -0.05) is 54.1 Å². The highest BCUT2D eigenvalue weighted by Gasteiger charge is 2.58. The van der Waals surface area contributed by atoms with Gasteiger partial charge in [-0.3, -0.25) is 4.79 Å². The van der Waals surface area contributed by atoms with E-state index in [-0.39, 0.29) is 6.42 Å². The van der Waals surface area contributed by atoms with Crippen LogP contribution in [0.3, 0.4) is 0 Å². The van der Waals surface area contributed by atoms with E-state index in [1.54, 1.807) is 24.3 Å². The van der Waals surface area contributed by atoms with Gasteiger partial charge in [-0.05, 0) is 24.5 Å². The number of primary amides is 1. The van der Waals surface area contributed by atoms with Crippen LogP contribution in [-0.4, -0.2) is 12.1 Å². The summed E-state index contributed by atoms with van der Waals surface area (Å²) < 4.78 is 63.7. The van der Waals surface area contributed by atoms with E-state index in [4.69, 9.17) is 5.73 Å². The molecule has 0 fully saturated rings. The number of hydrogen-bond donors (Lipinski definition) is 1. The van der Waals surface area contributed by atoms with Crippen LogP contribution < -0.4 is 5.73 Å². The molecule has 134 valence electrons. The standard InChI is InChI=1S/C18H16F5NO/c1-11-2-6-13(7-3-11)15(16(24)25)10-12-4-8-14(9-5-12)17(19,20)18(21,22)23/h2-9,15H,10H2,1H3,(H2,24,25). The van der Waals surface area contributed by atoms with Crippen LogP contribution in [0, 0.1) is 6.92 Å². The molecule has 0 radical (unpaired) electrons. The molecule has 0 aliphatic rings. The minimum Gasteiger partial charge on any atom is -0.369 e. The van der Waals surface area contributed by atoms with Crippen molar-refractivity contribution in [3.63, 3.8) is 0 Å². The summed E-state index contributed by atoms with van der Waals surface area (Å²) >= 11 is 0. The molecule has 1 unspecified atom stereocenters. The molecule has 0 aliphatic carbocycles. The Hall–Kier alpha value is -2.44. The molecule has 0 bridgehead atoms. The Balaban J connectivity index is 2.24. The van der Waals surface area contributed by atoms with Crippen molar-refractivity contribution in [1.29, 1.82) is 0 Å². The van der Waals surface area contributed by atoms with Gasteiger partial charge >= 0.3 is 12.1 Å². The normalized spacial score (nSPS) is 13.5. The minimum absolute atomic E-state index is 0.107. The number of aryl methyl sites for hydroxylation is 1. The van der Waals surface area contributed by atoms with Crippen molar-refractivity contribution in [2.24, 2.45) is 5.73 Å². The topological polar surface area (TPSA) is 43.1 Å². The predicted octanol–water partition coefficient (Wildman–Crippen LogP) is 4.46. The second-order valence-electron chi connectivity index (χ2n) is 5.84. The van der Waals surface area contributed by atoms with Gasteiger partial charge in [-0.25, -0.2) is 0 Å². The lowest BCUT2D eigenvalue weighted by Crippen LogP contribution is -2.33. The van der Waals surface area contributed by atoms with Crippen molar-refractivity contribution in [3.8, 4) is 0 Å². The van der Waals surface area contributed by atoms with Crippen molar-refractivity contribution in [2.75, 3.05) is 0 Å². The van der Waals surface area contributed by atoms with Crippen LogP contribution in [0.2, 0.25) is 0 Å². The third-order valence-electron chi connectivity index (χ3n) is 3.94. The Morgan fingerprint density at radius 1 is 0.960 bits per heavy atom. The number of hydrogen-bond acceptors (Lipinski definition) is 1. The van der Waals surface area contributed by atoms with Gasteiger partial charge in [0.05, 0.1) is 5.92 Å². The Morgan fingerprint density at radius 3 is 1.92 bits per heavy atom. The van der Waals surface area contributed by atoms with Crippen LogP contribution in [0.1, 0.15) is 28.2 Å². The van der Waals surface area contributed by atoms with Gasteiger partial charge in [0.2, 0.25) is 5.91 Å². The fourth-order valence-corrected chi connectivity index (χ4v) is 2.43. The number of halogens is 5. The highest BCUT2D eigenvalue weighted by molar-refractivity contribution is 5.82. The first kappa shape index (κ1) is 18.9. The lowest BCUT2D eigenvalue weighted by atomic mass is 9.90. The van der Waals surface area contributed by atoms with E-state index in [0.717, 1.165) is 29.8 Å². The van der Waals surface area contributed by atoms with E-state index in [1.807, 2.05) is 6.92 Å². The summed E-state index contributed by atoms with van der Waals surface area (Å²) in [6.07, 6.45) is -5.55. The third-order valence-corrected chi connectivity index (χ3v) is 3.94. The maximum absolute atomic E-state index is 13.3. The quantitative estimate of drug-likeness (QED) is 0.789. The Kier molecular flexibility index (Phi) is 5.15. The Labute approximate surface area is 141 Å². The Bertz CT molecular complexity index is 736. The monoisotopic (exact) mass is 357 g/mol. The zero-order chi connectivity index (χ0) is 18.8. The molecule has 2 N–H and O–H groups in total. The predicted molar refractivity (Wildman–Crippen MR) is 83.2 cm³/mol. The van der Waals surface area contributed by atoms with E-state index < -0.39 is 29.5 Å². The fourth-order valence-electron chi connectivity index (χ4n) is 2.43. The summed E-state index contributed by atoms with van der Waals surface area (Å²) in [7, 11) is 0. The van der Waals surface area contributed by atoms with Crippen molar-refractivity contribution in [2.45, 2.75) is 31.4 Å². The zero-order valence-corrected chi connectivity index (χ0v) is 13.3. The van der Waals surface area contributed by atoms with Crippen molar-refractivity contribution >= 4 is 5.91 Å². The largest absolute Gasteiger partial charge is 0.458 e. The molecule has 1 atom stereocenters. The molecular formula is C18H16F5NO. The summed E-state index contributed by atoms with van der Waals surface area (Å²) in [6, 6.07) is 10.8. The van der Waals surface area contributed by atoms with Gasteiger partial charge in [-0.15, -0.1) is 0 Å². The van der Waals surface area contributed by atoms with Crippen LogP contribution >= 0.6 is 0 Å². The van der Waals surface area contributed by atoms with Crippen LogP contribution in [0.25, 0.3) is 0 Å². The minimum atomic E-state index is -5.66. The molecule has 0 heterocycles. The molecule has 0 saturated carbocycles. The molecule has 2 rings (SSSR count). The van der Waals surface area contributed by atoms with Crippen molar-refractivity contribution < 1.29 is 26.7 Å². The van der Waals surface area contributed by atoms with E-state index >= 15 is 0 Å². The molecule has 0 aliphatic heterocycles. The van der Waals surface area contributed by atoms with Crippen LogP contribution in [0.4, 0.5) is 22.0 Å². The molecular weight excluding hydrogens is 341 g/mol.